The molecule has 3 nitrogen and oxygen atoms in total. The number of nitrogens with zero attached hydrogens (tertiary/aromatic N) is 3. The largest absolute Gasteiger partial charge is 0.332 e. The first-order valence-electron chi connectivity index (χ1n) is 19.9. The quantitative estimate of drug-likeness (QED) is 0.172. The number of rotatable bonds is 4. The zero-order valence-electron chi connectivity index (χ0n) is 31.1. The molecule has 57 heavy (non-hydrogen) atoms. The maximum Gasteiger partial charge on any atom is 0.0639 e. The van der Waals surface area contributed by atoms with E-state index in [4.69, 9.17) is 0 Å². The van der Waals surface area contributed by atoms with Crippen LogP contribution in [0.2, 0.25) is 0 Å². The molecule has 0 amide bonds. The summed E-state index contributed by atoms with van der Waals surface area (Å²) in [6.45, 7) is 0. The molecule has 11 aromatic rings. The lowest BCUT2D eigenvalue weighted by atomic mass is 9.85. The zero-order chi connectivity index (χ0) is 37.2. The molecule has 0 radical (unpaired) electrons. The van der Waals surface area contributed by atoms with Crippen molar-refractivity contribution < 1.29 is 0 Å². The van der Waals surface area contributed by atoms with E-state index in [0.29, 0.717) is 0 Å². The summed E-state index contributed by atoms with van der Waals surface area (Å²) >= 11 is 0. The Morgan fingerprint density at radius 1 is 0.368 bits per heavy atom. The fourth-order valence-corrected chi connectivity index (χ4v) is 10.4. The lowest BCUT2D eigenvalue weighted by Crippen LogP contribution is -2.09. The summed E-state index contributed by atoms with van der Waals surface area (Å²) in [6.07, 6.45) is 5.74. The molecule has 1 atom stereocenters. The highest BCUT2D eigenvalue weighted by Gasteiger charge is 2.34. The van der Waals surface area contributed by atoms with Crippen molar-refractivity contribution in [3.63, 3.8) is 0 Å². The summed E-state index contributed by atoms with van der Waals surface area (Å²) < 4.78 is 7.52. The number of benzene rings is 8. The summed E-state index contributed by atoms with van der Waals surface area (Å²) in [5.41, 5.74) is 17.8. The monoisotopic (exact) mass is 725 g/mol. The lowest BCUT2D eigenvalue weighted by molar-refractivity contribution is 0.694. The van der Waals surface area contributed by atoms with Gasteiger partial charge in [-0.15, -0.1) is 0 Å². The second-order valence-corrected chi connectivity index (χ2v) is 15.7. The summed E-state index contributed by atoms with van der Waals surface area (Å²) in [7, 11) is 0. The minimum Gasteiger partial charge on any atom is -0.332 e. The first kappa shape index (κ1) is 30.9. The average Bonchev–Trinajstić information content (AvgIpc) is 4.01. The van der Waals surface area contributed by atoms with E-state index in [9.17, 15) is 0 Å². The van der Waals surface area contributed by atoms with Crippen molar-refractivity contribution in [1.82, 2.24) is 13.7 Å². The third-order valence-electron chi connectivity index (χ3n) is 12.7. The molecule has 1 aliphatic carbocycles. The van der Waals surface area contributed by atoms with E-state index < -0.39 is 0 Å². The molecule has 0 saturated heterocycles. The summed E-state index contributed by atoms with van der Waals surface area (Å²) in [5.74, 6) is 0. The van der Waals surface area contributed by atoms with Crippen LogP contribution in [0, 0.1) is 0 Å². The van der Waals surface area contributed by atoms with Crippen LogP contribution in [0.4, 0.5) is 0 Å². The number of aromatic nitrogens is 3. The van der Waals surface area contributed by atoms with Gasteiger partial charge in [-0.25, -0.2) is 0 Å². The Hall–Kier alpha value is -7.36. The van der Waals surface area contributed by atoms with Gasteiger partial charge in [0.1, 0.15) is 0 Å². The van der Waals surface area contributed by atoms with Gasteiger partial charge in [0.25, 0.3) is 0 Å². The molecule has 3 aromatic heterocycles. The van der Waals surface area contributed by atoms with E-state index in [1.54, 1.807) is 0 Å². The van der Waals surface area contributed by atoms with Crippen LogP contribution in [-0.2, 0) is 0 Å². The topological polar surface area (TPSA) is 14.8 Å². The summed E-state index contributed by atoms with van der Waals surface area (Å²) in [6, 6.07) is 67.4. The van der Waals surface area contributed by atoms with E-state index in [-0.39, 0.29) is 6.04 Å². The van der Waals surface area contributed by atoms with Gasteiger partial charge in [0.2, 0.25) is 0 Å². The minimum absolute atomic E-state index is 0.221. The van der Waals surface area contributed by atoms with E-state index in [0.717, 1.165) is 6.42 Å². The van der Waals surface area contributed by atoms with Gasteiger partial charge >= 0.3 is 0 Å². The van der Waals surface area contributed by atoms with Crippen molar-refractivity contribution in [3.8, 4) is 22.5 Å². The Balaban J connectivity index is 1.07. The Morgan fingerprint density at radius 2 is 0.947 bits per heavy atom. The molecule has 8 aromatic carbocycles. The van der Waals surface area contributed by atoms with Crippen LogP contribution in [0.25, 0.3) is 99.1 Å². The van der Waals surface area contributed by atoms with Crippen LogP contribution in [-0.4, -0.2) is 13.7 Å². The maximum atomic E-state index is 2.63. The first-order valence-corrected chi connectivity index (χ1v) is 19.9. The fraction of sp³-hybridized carbons (Fsp3) is 0.0370. The van der Waals surface area contributed by atoms with Crippen molar-refractivity contribution in [2.75, 3.05) is 0 Å². The van der Waals surface area contributed by atoms with Crippen LogP contribution in [0.5, 0.6) is 0 Å². The highest BCUT2D eigenvalue weighted by molar-refractivity contribution is 6.17. The molecule has 0 spiro atoms. The fourth-order valence-electron chi connectivity index (χ4n) is 10.4. The predicted octanol–water partition coefficient (Wildman–Crippen LogP) is 14.1. The van der Waals surface area contributed by atoms with Crippen molar-refractivity contribution in [2.24, 2.45) is 0 Å². The molecule has 1 aliphatic heterocycles. The average molecular weight is 726 g/mol. The molecule has 1 unspecified atom stereocenters. The third kappa shape index (κ3) is 4.26. The van der Waals surface area contributed by atoms with Crippen molar-refractivity contribution in [3.05, 3.63) is 205 Å². The Morgan fingerprint density at radius 3 is 1.70 bits per heavy atom. The van der Waals surface area contributed by atoms with Crippen LogP contribution in [0.3, 0.4) is 0 Å². The van der Waals surface area contributed by atoms with E-state index in [1.807, 2.05) is 0 Å². The van der Waals surface area contributed by atoms with Gasteiger partial charge in [-0.05, 0) is 95.4 Å². The molecular weight excluding hydrogens is 691 g/mol. The van der Waals surface area contributed by atoms with Crippen molar-refractivity contribution >= 4 is 76.6 Å². The molecular formula is C54H35N3. The van der Waals surface area contributed by atoms with Gasteiger partial charge in [-0.2, -0.15) is 0 Å². The highest BCUT2D eigenvalue weighted by atomic mass is 15.0. The van der Waals surface area contributed by atoms with Gasteiger partial charge < -0.3 is 13.7 Å². The molecule has 266 valence electrons. The second-order valence-electron chi connectivity index (χ2n) is 15.7. The van der Waals surface area contributed by atoms with E-state index in [2.05, 4.69) is 208 Å². The maximum absolute atomic E-state index is 2.63. The van der Waals surface area contributed by atoms with Crippen molar-refractivity contribution in [1.29, 1.82) is 0 Å². The van der Waals surface area contributed by atoms with Gasteiger partial charge in [0.05, 0.1) is 33.6 Å². The standard InChI is InChI=1S/C54H35N3/c1-3-14-37(15-4-1)55-48-23-10-8-19-40(48)46-30-34(27-29-51(46)55)36-31-45(54-47(32-36)41-20-9-11-24-49(41)56(54)38-16-5-2-6-17-38)35-26-28-42-44-22-13-21-43-39-18-7-12-25-50(39)57(53(43)44)52(42)33-35/h1-32,52H,33H2. The normalized spacial score (nSPS) is 15.0. The molecule has 0 bridgehead atoms. The predicted molar refractivity (Wildman–Crippen MR) is 240 cm³/mol. The van der Waals surface area contributed by atoms with Crippen molar-refractivity contribution in [2.45, 2.75) is 12.5 Å². The molecule has 4 heterocycles. The second kappa shape index (κ2) is 11.6. The first-order chi connectivity index (χ1) is 28.3. The number of allylic oxidation sites excluding steroid dienone is 4. The smallest absolute Gasteiger partial charge is 0.0639 e. The van der Waals surface area contributed by atoms with Crippen LogP contribution < -0.4 is 0 Å². The summed E-state index contributed by atoms with van der Waals surface area (Å²) in [5, 5.41) is 7.74. The van der Waals surface area contributed by atoms with Crippen LogP contribution in [0.15, 0.2) is 194 Å². The molecule has 0 fully saturated rings. The number of para-hydroxylation sites is 6. The SMILES string of the molecule is C1=C(c2cc(-c3ccc4c(c3)c3ccccc3n4-c3ccccc3)cc3c4ccccc4n(-c4ccccc4)c23)CC2C(=C1)c1cccc3c4ccccc4n2c13. The molecule has 3 heteroatoms. The number of hydrogen-bond donors (Lipinski definition) is 0. The minimum atomic E-state index is 0.221. The zero-order valence-corrected chi connectivity index (χ0v) is 31.1. The molecule has 0 N–H and O–H groups in total. The Bertz CT molecular complexity index is 3540. The molecule has 0 saturated carbocycles. The van der Waals surface area contributed by atoms with Gasteiger partial charge in [-0.3, -0.25) is 0 Å². The van der Waals surface area contributed by atoms with E-state index in [1.165, 1.54) is 110 Å². The van der Waals surface area contributed by atoms with Gasteiger partial charge in [0.15, 0.2) is 0 Å². The van der Waals surface area contributed by atoms with E-state index >= 15 is 0 Å². The number of hydrogen-bond acceptors (Lipinski definition) is 0. The molecule has 2 aliphatic rings. The lowest BCUT2D eigenvalue weighted by Gasteiger charge is -2.24. The Labute approximate surface area is 329 Å². The van der Waals surface area contributed by atoms with Gasteiger partial charge in [-0.1, -0.05) is 127 Å². The number of fused-ring (bicyclic) bond motifs is 12. The highest BCUT2D eigenvalue weighted by Crippen LogP contribution is 2.52. The third-order valence-corrected chi connectivity index (χ3v) is 12.7. The van der Waals surface area contributed by atoms with Crippen LogP contribution >= 0.6 is 0 Å². The van der Waals surface area contributed by atoms with Gasteiger partial charge in [0, 0.05) is 60.3 Å². The molecule has 13 rings (SSSR count). The van der Waals surface area contributed by atoms with Crippen LogP contribution in [0.1, 0.15) is 23.6 Å². The Kier molecular flexibility index (Phi) is 6.28. The summed E-state index contributed by atoms with van der Waals surface area (Å²) in [4.78, 5) is 0.